The predicted molar refractivity (Wildman–Crippen MR) is 174 cm³/mol. The van der Waals surface area contributed by atoms with E-state index in [1.54, 1.807) is 25.3 Å². The third kappa shape index (κ3) is 4.66. The van der Waals surface area contributed by atoms with Crippen molar-refractivity contribution in [2.75, 3.05) is 11.5 Å². The number of ether oxygens (including phenoxy) is 3. The lowest BCUT2D eigenvalue weighted by molar-refractivity contribution is -0.172. The molecule has 2 bridgehead atoms. The molecular formula is C36H36N4O7. The minimum absolute atomic E-state index is 0.0698. The van der Waals surface area contributed by atoms with E-state index in [2.05, 4.69) is 22.1 Å². The highest BCUT2D eigenvalue weighted by Crippen LogP contribution is 2.58. The molecule has 0 radical (unpaired) electrons. The molecule has 4 aromatic rings. The molecule has 47 heavy (non-hydrogen) atoms. The summed E-state index contributed by atoms with van der Waals surface area (Å²) in [6.07, 6.45) is 7.33. The molecule has 1 aromatic carbocycles. The second-order valence-corrected chi connectivity index (χ2v) is 13.7. The molecule has 2 fully saturated rings. The number of aromatic hydroxyl groups is 1. The van der Waals surface area contributed by atoms with Gasteiger partial charge in [-0.15, -0.1) is 0 Å². The molecule has 7 heterocycles. The Morgan fingerprint density at radius 2 is 1.87 bits per heavy atom. The minimum Gasteiger partial charge on any atom is -0.507 e. The molecule has 1 spiro atoms. The van der Waals surface area contributed by atoms with Crippen LogP contribution in [0.5, 0.6) is 11.5 Å². The van der Waals surface area contributed by atoms with Crippen molar-refractivity contribution in [2.24, 2.45) is 11.8 Å². The van der Waals surface area contributed by atoms with Crippen molar-refractivity contribution in [3.8, 4) is 22.8 Å². The molecule has 242 valence electrons. The lowest BCUT2D eigenvalue weighted by Crippen LogP contribution is -2.53. The van der Waals surface area contributed by atoms with Crippen molar-refractivity contribution in [1.82, 2.24) is 9.97 Å². The third-order valence-electron chi connectivity index (χ3n) is 10.2. The summed E-state index contributed by atoms with van der Waals surface area (Å²) in [5, 5.41) is 11.7. The summed E-state index contributed by atoms with van der Waals surface area (Å²) < 4.78 is 25.0. The highest BCUT2D eigenvalue weighted by atomic mass is 16.7. The quantitative estimate of drug-likeness (QED) is 0.157. The van der Waals surface area contributed by atoms with Crippen LogP contribution in [0.3, 0.4) is 0 Å². The monoisotopic (exact) mass is 636 g/mol. The zero-order valence-corrected chi connectivity index (χ0v) is 26.4. The molecule has 4 aliphatic heterocycles. The van der Waals surface area contributed by atoms with E-state index in [9.17, 15) is 14.7 Å². The zero-order chi connectivity index (χ0) is 32.8. The van der Waals surface area contributed by atoms with Crippen LogP contribution in [-0.4, -0.2) is 44.5 Å². The summed E-state index contributed by atoms with van der Waals surface area (Å²) in [7, 11) is 0. The van der Waals surface area contributed by atoms with Gasteiger partial charge in [0.15, 0.2) is 11.0 Å². The van der Waals surface area contributed by atoms with Gasteiger partial charge in [0.05, 0.1) is 11.8 Å². The van der Waals surface area contributed by atoms with Gasteiger partial charge in [0.25, 0.3) is 0 Å². The van der Waals surface area contributed by atoms with E-state index in [0.29, 0.717) is 53.7 Å². The SMILES string of the molecule is Cc1cc(=O)c2c(O)c3c(cc2o1)OC(C)(C)[C@@H]1OC(=O)[C@@]2(O[C@@H]2CCc2cc(N)nc(-c4ccnc(N)c4)c2)[C@@H]2C=C[C@H](CC2)[C@@H]31. The normalized spacial score (nSPS) is 28.5. The number of nitrogens with zero attached hydrogens (tertiary/aromatic N) is 2. The molecular weight excluding hydrogens is 600 g/mol. The van der Waals surface area contributed by atoms with E-state index < -0.39 is 29.2 Å². The van der Waals surface area contributed by atoms with Gasteiger partial charge in [-0.2, -0.15) is 0 Å². The summed E-state index contributed by atoms with van der Waals surface area (Å²) in [6, 6.07) is 10.4. The van der Waals surface area contributed by atoms with Crippen LogP contribution in [0.25, 0.3) is 22.2 Å². The number of carbonyl (C=O) groups excluding carboxylic acids is 1. The molecule has 0 unspecified atom stereocenters. The van der Waals surface area contributed by atoms with Gasteiger partial charge in [0.1, 0.15) is 51.6 Å². The summed E-state index contributed by atoms with van der Waals surface area (Å²) in [5.41, 5.74) is 12.8. The van der Waals surface area contributed by atoms with Gasteiger partial charge in [-0.25, -0.2) is 14.8 Å². The lowest BCUT2D eigenvalue weighted by Gasteiger charge is -2.46. The van der Waals surface area contributed by atoms with E-state index >= 15 is 0 Å². The minimum atomic E-state index is -1.13. The number of pyridine rings is 2. The van der Waals surface area contributed by atoms with Crippen molar-refractivity contribution in [1.29, 1.82) is 0 Å². The Morgan fingerprint density at radius 1 is 1.04 bits per heavy atom. The first-order valence-electron chi connectivity index (χ1n) is 16.0. The predicted octanol–water partition coefficient (Wildman–Crippen LogP) is 4.96. The standard InChI is InChI=1S/C36H36N4O7/c1-17-12-23(41)30-24(44-17)16-25-31(32(30)42)29-19-5-7-21(8-6-19)36(34(43)45-33(29)35(2,3)46-25)26(47-36)9-4-18-13-22(40-28(38)14-18)20-10-11-39-27(37)15-20/h5,7,10-16,19,21,26,29,33,42H,4,6,8-9H2,1-3H3,(H2,37,39)(H2,38,40)/t19-,21-,26-,29+,33-,36-/m1/s1. The van der Waals surface area contributed by atoms with Crippen LogP contribution in [0.15, 0.2) is 64.0 Å². The molecule has 11 heteroatoms. The van der Waals surface area contributed by atoms with Crippen LogP contribution >= 0.6 is 0 Å². The maximum atomic E-state index is 14.3. The average molecular weight is 637 g/mol. The molecule has 6 atom stereocenters. The molecule has 9 rings (SSSR count). The number of hydrogen-bond acceptors (Lipinski definition) is 11. The Hall–Kier alpha value is -4.90. The van der Waals surface area contributed by atoms with Crippen molar-refractivity contribution in [3.63, 3.8) is 0 Å². The van der Waals surface area contributed by atoms with Crippen LogP contribution < -0.4 is 21.6 Å². The molecule has 2 saturated heterocycles. The highest BCUT2D eigenvalue weighted by Gasteiger charge is 2.69. The molecule has 1 aliphatic carbocycles. The molecule has 3 aromatic heterocycles. The summed E-state index contributed by atoms with van der Waals surface area (Å²) >= 11 is 0. The Balaban J connectivity index is 1.11. The van der Waals surface area contributed by atoms with Gasteiger partial charge in [0, 0.05) is 41.3 Å². The smallest absolute Gasteiger partial charge is 0.342 e. The van der Waals surface area contributed by atoms with Gasteiger partial charge in [-0.1, -0.05) is 12.2 Å². The number of hydrogen-bond donors (Lipinski definition) is 3. The highest BCUT2D eigenvalue weighted by molar-refractivity contribution is 5.88. The van der Waals surface area contributed by atoms with Gasteiger partial charge in [0.2, 0.25) is 0 Å². The second kappa shape index (κ2) is 10.3. The van der Waals surface area contributed by atoms with Crippen LogP contribution in [-0.2, 0) is 20.7 Å². The van der Waals surface area contributed by atoms with E-state index in [1.165, 1.54) is 6.07 Å². The number of fused-ring (bicyclic) bond motifs is 4. The van der Waals surface area contributed by atoms with Gasteiger partial charge in [-0.05, 0) is 82.2 Å². The first-order chi connectivity index (χ1) is 22.4. The molecule has 0 saturated carbocycles. The van der Waals surface area contributed by atoms with Crippen LogP contribution in [0.1, 0.15) is 55.9 Å². The number of allylic oxidation sites excluding steroid dienone is 1. The van der Waals surface area contributed by atoms with E-state index in [4.69, 9.17) is 30.1 Å². The molecule has 0 amide bonds. The van der Waals surface area contributed by atoms with E-state index in [-0.39, 0.29) is 40.1 Å². The number of aryl methyl sites for hydroxylation is 2. The summed E-state index contributed by atoms with van der Waals surface area (Å²) in [6.45, 7) is 5.44. The third-order valence-corrected chi connectivity index (χ3v) is 10.2. The fourth-order valence-electron chi connectivity index (χ4n) is 8.05. The van der Waals surface area contributed by atoms with Crippen molar-refractivity contribution in [2.45, 2.75) is 75.8 Å². The number of phenolic OH excluding ortho intramolecular Hbond substituents is 1. The number of rotatable bonds is 4. The molecule has 11 nitrogen and oxygen atoms in total. The number of epoxide rings is 1. The number of phenols is 1. The number of carbonyl (C=O) groups is 1. The maximum absolute atomic E-state index is 14.3. The summed E-state index contributed by atoms with van der Waals surface area (Å²) in [4.78, 5) is 35.8. The number of nitrogens with two attached hydrogens (primary N) is 2. The first-order valence-corrected chi connectivity index (χ1v) is 16.0. The van der Waals surface area contributed by atoms with E-state index in [0.717, 1.165) is 17.5 Å². The Bertz CT molecular complexity index is 2060. The van der Waals surface area contributed by atoms with Crippen LogP contribution in [0, 0.1) is 18.8 Å². The maximum Gasteiger partial charge on any atom is 0.342 e. The van der Waals surface area contributed by atoms with E-state index in [1.807, 2.05) is 32.0 Å². The summed E-state index contributed by atoms with van der Waals surface area (Å²) in [5.74, 6) is 0.313. The largest absolute Gasteiger partial charge is 0.507 e. The Labute approximate surface area is 270 Å². The average Bonchev–Trinajstić information content (AvgIpc) is 3.74. The second-order valence-electron chi connectivity index (χ2n) is 13.7. The first kappa shape index (κ1) is 29.5. The Kier molecular flexibility index (Phi) is 6.47. The number of nitrogen functional groups attached to an aromatic ring is 2. The number of aromatic nitrogens is 2. The molecule has 5 N–H and O–H groups in total. The fourth-order valence-corrected chi connectivity index (χ4v) is 8.05. The topological polar surface area (TPSA) is 176 Å². The fraction of sp³-hybridized carbons (Fsp3) is 0.389. The lowest BCUT2D eigenvalue weighted by atomic mass is 9.69. The van der Waals surface area contributed by atoms with Gasteiger partial charge in [-0.3, -0.25) is 4.79 Å². The van der Waals surface area contributed by atoms with Crippen molar-refractivity contribution >= 4 is 28.6 Å². The zero-order valence-electron chi connectivity index (χ0n) is 26.4. The van der Waals surface area contributed by atoms with Crippen molar-refractivity contribution < 1.29 is 28.5 Å². The van der Waals surface area contributed by atoms with Crippen LogP contribution in [0.4, 0.5) is 11.6 Å². The van der Waals surface area contributed by atoms with Crippen LogP contribution in [0.2, 0.25) is 0 Å². The van der Waals surface area contributed by atoms with Gasteiger partial charge >= 0.3 is 5.97 Å². The number of esters is 1. The molecule has 5 aliphatic rings. The number of benzene rings is 1. The Morgan fingerprint density at radius 3 is 2.64 bits per heavy atom. The number of anilines is 2. The van der Waals surface area contributed by atoms with Crippen molar-refractivity contribution in [3.05, 3.63) is 81.9 Å². The van der Waals surface area contributed by atoms with Gasteiger partial charge < -0.3 is 35.2 Å².